The van der Waals surface area contributed by atoms with Gasteiger partial charge in [0, 0.05) is 18.5 Å². The highest BCUT2D eigenvalue weighted by Crippen LogP contribution is 2.17. The zero-order valence-electron chi connectivity index (χ0n) is 14.4. The number of amides is 1. The monoisotopic (exact) mass is 370 g/mol. The van der Waals surface area contributed by atoms with Gasteiger partial charge < -0.3 is 10.1 Å². The average molecular weight is 370 g/mol. The van der Waals surface area contributed by atoms with Crippen molar-refractivity contribution in [2.24, 2.45) is 0 Å². The van der Waals surface area contributed by atoms with Crippen LogP contribution in [-0.4, -0.2) is 46.1 Å². The van der Waals surface area contributed by atoms with Gasteiger partial charge >= 0.3 is 0 Å². The molecule has 3 rings (SSSR count). The molecule has 0 aliphatic rings. The number of thioether (sulfide) groups is 1. The van der Waals surface area contributed by atoms with Crippen molar-refractivity contribution < 1.29 is 9.53 Å². The summed E-state index contributed by atoms with van der Waals surface area (Å²) in [6.45, 7) is 0.467. The molecular formula is C18H18N4O3S. The second-order valence-corrected chi connectivity index (χ2v) is 6.38. The summed E-state index contributed by atoms with van der Waals surface area (Å²) in [6.07, 6.45) is 3.53. The minimum absolute atomic E-state index is 0.151. The quantitative estimate of drug-likeness (QED) is 0.667. The molecule has 7 nitrogen and oxygen atoms in total. The molecule has 3 aromatic rings. The van der Waals surface area contributed by atoms with Gasteiger partial charge in [-0.05, 0) is 42.7 Å². The zero-order valence-corrected chi connectivity index (χ0v) is 15.2. The van der Waals surface area contributed by atoms with Crippen LogP contribution in [0.3, 0.4) is 0 Å². The van der Waals surface area contributed by atoms with E-state index in [0.717, 1.165) is 5.75 Å². The molecule has 134 valence electrons. The fourth-order valence-electron chi connectivity index (χ4n) is 2.49. The van der Waals surface area contributed by atoms with Gasteiger partial charge in [-0.1, -0.05) is 0 Å². The second-order valence-electron chi connectivity index (χ2n) is 5.39. The normalized spacial score (nSPS) is 10.7. The Morgan fingerprint density at radius 2 is 2.04 bits per heavy atom. The lowest BCUT2D eigenvalue weighted by Gasteiger charge is -2.12. The van der Waals surface area contributed by atoms with Gasteiger partial charge in [0.05, 0.1) is 12.8 Å². The summed E-state index contributed by atoms with van der Waals surface area (Å²) in [5.41, 5.74) is 0.784. The predicted octanol–water partition coefficient (Wildman–Crippen LogP) is 1.88. The van der Waals surface area contributed by atoms with Gasteiger partial charge in [0.15, 0.2) is 11.3 Å². The van der Waals surface area contributed by atoms with Crippen molar-refractivity contribution in [2.75, 3.05) is 25.7 Å². The van der Waals surface area contributed by atoms with Gasteiger partial charge in [0.25, 0.3) is 11.5 Å². The largest absolute Gasteiger partial charge is 0.497 e. The lowest BCUT2D eigenvalue weighted by atomic mass is 10.2. The fraction of sp³-hybridized carbons (Fsp3) is 0.222. The highest BCUT2D eigenvalue weighted by molar-refractivity contribution is 7.98. The highest BCUT2D eigenvalue weighted by atomic mass is 32.2. The maximum Gasteiger partial charge on any atom is 0.288 e. The molecule has 1 N–H and O–H groups in total. The number of hydrogen-bond acceptors (Lipinski definition) is 6. The number of rotatable bonds is 6. The first-order valence-corrected chi connectivity index (χ1v) is 9.34. The molecule has 0 saturated carbocycles. The molecule has 1 aromatic carbocycles. The standard InChI is InChI=1S/C18H18N4O3S/c1-25-13-7-5-12(6-8-13)22-16-14(4-3-9-19-16)21-15(18(22)24)17(23)20-10-11-26-2/h3-9H,10-11H2,1-2H3,(H,20,23). The zero-order chi connectivity index (χ0) is 18.5. The van der Waals surface area contributed by atoms with Crippen LogP contribution in [0.1, 0.15) is 10.5 Å². The molecule has 0 aliphatic carbocycles. The van der Waals surface area contributed by atoms with Crippen LogP contribution >= 0.6 is 11.8 Å². The number of hydrogen-bond donors (Lipinski definition) is 1. The van der Waals surface area contributed by atoms with Crippen molar-refractivity contribution in [1.29, 1.82) is 0 Å². The van der Waals surface area contributed by atoms with Crippen LogP contribution < -0.4 is 15.6 Å². The Labute approximate surface area is 154 Å². The molecule has 0 aliphatic heterocycles. The fourth-order valence-corrected chi connectivity index (χ4v) is 2.79. The molecular weight excluding hydrogens is 352 g/mol. The Kier molecular flexibility index (Phi) is 5.52. The number of benzene rings is 1. The van der Waals surface area contributed by atoms with E-state index < -0.39 is 11.5 Å². The third kappa shape index (κ3) is 3.55. The first-order valence-electron chi connectivity index (χ1n) is 7.95. The molecule has 1 amide bonds. The Bertz CT molecular complexity index is 986. The van der Waals surface area contributed by atoms with Crippen LogP contribution in [0.2, 0.25) is 0 Å². The molecule has 0 bridgehead atoms. The number of nitrogens with one attached hydrogen (secondary N) is 1. The molecule has 2 heterocycles. The van der Waals surface area contributed by atoms with Gasteiger partial charge in [-0.2, -0.15) is 11.8 Å². The van der Waals surface area contributed by atoms with Crippen molar-refractivity contribution in [3.63, 3.8) is 0 Å². The highest BCUT2D eigenvalue weighted by Gasteiger charge is 2.18. The van der Waals surface area contributed by atoms with Gasteiger partial charge in [-0.15, -0.1) is 0 Å². The first-order chi connectivity index (χ1) is 12.7. The summed E-state index contributed by atoms with van der Waals surface area (Å²) in [6, 6.07) is 10.4. The Balaban J connectivity index is 2.15. The van der Waals surface area contributed by atoms with Gasteiger partial charge in [0.1, 0.15) is 11.3 Å². The van der Waals surface area contributed by atoms with Crippen LogP contribution in [-0.2, 0) is 0 Å². The van der Waals surface area contributed by atoms with E-state index in [-0.39, 0.29) is 5.69 Å². The van der Waals surface area contributed by atoms with Gasteiger partial charge in [0.2, 0.25) is 0 Å². The van der Waals surface area contributed by atoms with Crippen LogP contribution in [0, 0.1) is 0 Å². The summed E-state index contributed by atoms with van der Waals surface area (Å²) in [5.74, 6) is 0.938. The summed E-state index contributed by atoms with van der Waals surface area (Å²) in [7, 11) is 1.57. The summed E-state index contributed by atoms with van der Waals surface area (Å²) >= 11 is 1.61. The summed E-state index contributed by atoms with van der Waals surface area (Å²) < 4.78 is 6.55. The predicted molar refractivity (Wildman–Crippen MR) is 102 cm³/mol. The molecule has 2 aromatic heterocycles. The van der Waals surface area contributed by atoms with Crippen LogP contribution in [0.5, 0.6) is 5.75 Å². The van der Waals surface area contributed by atoms with Crippen molar-refractivity contribution in [1.82, 2.24) is 19.9 Å². The Morgan fingerprint density at radius 3 is 2.73 bits per heavy atom. The molecule has 0 saturated heterocycles. The molecule has 0 unspecified atom stereocenters. The molecule has 26 heavy (non-hydrogen) atoms. The van der Waals surface area contributed by atoms with Crippen LogP contribution in [0.4, 0.5) is 0 Å². The molecule has 0 atom stereocenters. The molecule has 0 fully saturated rings. The SMILES string of the molecule is COc1ccc(-n2c(=O)c(C(=O)NCCSC)nc3cccnc32)cc1. The van der Waals surface area contributed by atoms with E-state index in [1.807, 2.05) is 6.26 Å². The van der Waals surface area contributed by atoms with Crippen molar-refractivity contribution in [3.8, 4) is 11.4 Å². The number of fused-ring (bicyclic) bond motifs is 1. The van der Waals surface area contributed by atoms with Crippen LogP contribution in [0.25, 0.3) is 16.9 Å². The number of carbonyl (C=O) groups is 1. The number of carbonyl (C=O) groups excluding carboxylic acids is 1. The summed E-state index contributed by atoms with van der Waals surface area (Å²) in [4.78, 5) is 33.9. The van der Waals surface area contributed by atoms with E-state index in [0.29, 0.717) is 29.1 Å². The number of methoxy groups -OCH3 is 1. The number of aromatic nitrogens is 3. The Morgan fingerprint density at radius 1 is 1.27 bits per heavy atom. The summed E-state index contributed by atoms with van der Waals surface area (Å²) in [5, 5.41) is 2.73. The topological polar surface area (TPSA) is 86.1 Å². The maximum absolute atomic E-state index is 13.0. The van der Waals surface area contributed by atoms with E-state index in [1.165, 1.54) is 4.57 Å². The van der Waals surface area contributed by atoms with Gasteiger partial charge in [-0.25, -0.2) is 9.97 Å². The minimum atomic E-state index is -0.511. The first kappa shape index (κ1) is 17.9. The van der Waals surface area contributed by atoms with Crippen LogP contribution in [0.15, 0.2) is 47.4 Å². The number of ether oxygens (including phenoxy) is 1. The third-order valence-corrected chi connectivity index (χ3v) is 4.37. The van der Waals surface area contributed by atoms with E-state index >= 15 is 0 Å². The second kappa shape index (κ2) is 8.01. The average Bonchev–Trinajstić information content (AvgIpc) is 2.68. The van der Waals surface area contributed by atoms with E-state index in [2.05, 4.69) is 15.3 Å². The lowest BCUT2D eigenvalue weighted by Crippen LogP contribution is -2.35. The van der Waals surface area contributed by atoms with E-state index in [4.69, 9.17) is 4.74 Å². The lowest BCUT2D eigenvalue weighted by molar-refractivity contribution is 0.0949. The number of nitrogens with zero attached hydrogens (tertiary/aromatic N) is 3. The minimum Gasteiger partial charge on any atom is -0.497 e. The third-order valence-electron chi connectivity index (χ3n) is 3.75. The molecule has 8 heteroatoms. The van der Waals surface area contributed by atoms with Crippen molar-refractivity contribution >= 4 is 28.8 Å². The van der Waals surface area contributed by atoms with Gasteiger partial charge in [-0.3, -0.25) is 14.2 Å². The van der Waals surface area contributed by atoms with E-state index in [1.54, 1.807) is 61.5 Å². The van der Waals surface area contributed by atoms with E-state index in [9.17, 15) is 9.59 Å². The maximum atomic E-state index is 13.0. The van der Waals surface area contributed by atoms with Crippen molar-refractivity contribution in [3.05, 3.63) is 58.6 Å². The van der Waals surface area contributed by atoms with Crippen molar-refractivity contribution in [2.45, 2.75) is 0 Å². The molecule has 0 spiro atoms. The number of pyridine rings is 1. The smallest absolute Gasteiger partial charge is 0.288 e. The Hall–Kier alpha value is -2.87. The molecule has 0 radical (unpaired) electrons.